The van der Waals surface area contributed by atoms with E-state index in [2.05, 4.69) is 17.1 Å². The van der Waals surface area contributed by atoms with Crippen molar-refractivity contribution in [3.05, 3.63) is 30.1 Å². The zero-order chi connectivity index (χ0) is 11.4. The van der Waals surface area contributed by atoms with Crippen LogP contribution < -0.4 is 10.2 Å². The highest BCUT2D eigenvalue weighted by molar-refractivity contribution is 5.48. The first kappa shape index (κ1) is 11.4. The minimum atomic E-state index is -0.108. The highest BCUT2D eigenvalue weighted by Gasteiger charge is 2.18. The summed E-state index contributed by atoms with van der Waals surface area (Å²) >= 11 is 0. The maximum Gasteiger partial charge on any atom is 0.146 e. The van der Waals surface area contributed by atoms with Gasteiger partial charge in [0.15, 0.2) is 0 Å². The van der Waals surface area contributed by atoms with E-state index in [9.17, 15) is 4.39 Å². The summed E-state index contributed by atoms with van der Waals surface area (Å²) in [6, 6.07) is 7.46. The minimum Gasteiger partial charge on any atom is -0.366 e. The number of halogens is 1. The van der Waals surface area contributed by atoms with E-state index in [4.69, 9.17) is 0 Å². The lowest BCUT2D eigenvalue weighted by Gasteiger charge is -2.33. The van der Waals surface area contributed by atoms with Crippen LogP contribution in [0.1, 0.15) is 19.8 Å². The van der Waals surface area contributed by atoms with E-state index in [1.54, 1.807) is 12.1 Å². The summed E-state index contributed by atoms with van der Waals surface area (Å²) in [6.45, 7) is 5.14. The van der Waals surface area contributed by atoms with Crippen LogP contribution in [0.15, 0.2) is 24.3 Å². The van der Waals surface area contributed by atoms with Gasteiger partial charge in [0.1, 0.15) is 5.82 Å². The monoisotopic (exact) mass is 222 g/mol. The van der Waals surface area contributed by atoms with Crippen LogP contribution in [0.5, 0.6) is 0 Å². The first-order valence-corrected chi connectivity index (χ1v) is 6.01. The second-order valence-electron chi connectivity index (χ2n) is 4.39. The Balaban J connectivity index is 2.19. The molecular formula is C13H19FN2. The Bertz CT molecular complexity index is 340. The summed E-state index contributed by atoms with van der Waals surface area (Å²) < 4.78 is 13.7. The zero-order valence-corrected chi connectivity index (χ0v) is 9.75. The van der Waals surface area contributed by atoms with Crippen molar-refractivity contribution >= 4 is 5.69 Å². The molecule has 0 radical (unpaired) electrons. The molecule has 1 aliphatic rings. The molecule has 0 spiro atoms. The van der Waals surface area contributed by atoms with Crippen molar-refractivity contribution in [3.63, 3.8) is 0 Å². The van der Waals surface area contributed by atoms with Gasteiger partial charge in [-0.2, -0.15) is 0 Å². The van der Waals surface area contributed by atoms with Crippen molar-refractivity contribution in [3.8, 4) is 0 Å². The van der Waals surface area contributed by atoms with Crippen molar-refractivity contribution in [1.29, 1.82) is 0 Å². The molecule has 0 bridgehead atoms. The molecule has 1 aliphatic heterocycles. The van der Waals surface area contributed by atoms with Gasteiger partial charge in [-0.25, -0.2) is 4.39 Å². The summed E-state index contributed by atoms with van der Waals surface area (Å²) in [5, 5.41) is 3.38. The molecule has 1 heterocycles. The van der Waals surface area contributed by atoms with Gasteiger partial charge in [0, 0.05) is 12.6 Å². The lowest BCUT2D eigenvalue weighted by molar-refractivity contribution is 0.491. The Labute approximate surface area is 96.5 Å². The van der Waals surface area contributed by atoms with Crippen molar-refractivity contribution in [2.75, 3.05) is 24.5 Å². The highest BCUT2D eigenvalue weighted by Crippen LogP contribution is 2.22. The largest absolute Gasteiger partial charge is 0.366 e. The summed E-state index contributed by atoms with van der Waals surface area (Å²) in [6.07, 6.45) is 2.13. The van der Waals surface area contributed by atoms with Crippen LogP contribution in [0.4, 0.5) is 10.1 Å². The summed E-state index contributed by atoms with van der Waals surface area (Å²) in [4.78, 5) is 2.19. The van der Waals surface area contributed by atoms with E-state index in [1.807, 2.05) is 12.1 Å². The number of hydrogen-bond donors (Lipinski definition) is 1. The second-order valence-corrected chi connectivity index (χ2v) is 4.39. The van der Waals surface area contributed by atoms with Crippen molar-refractivity contribution in [2.45, 2.75) is 25.8 Å². The Kier molecular flexibility index (Phi) is 3.78. The van der Waals surface area contributed by atoms with Crippen LogP contribution in [0.3, 0.4) is 0 Å². The number of hydrogen-bond acceptors (Lipinski definition) is 2. The molecule has 2 nitrogen and oxygen atoms in total. The molecule has 1 atom stereocenters. The van der Waals surface area contributed by atoms with Gasteiger partial charge in [-0.1, -0.05) is 12.1 Å². The van der Waals surface area contributed by atoms with Gasteiger partial charge in [0.25, 0.3) is 0 Å². The van der Waals surface area contributed by atoms with E-state index in [-0.39, 0.29) is 5.82 Å². The molecule has 3 heteroatoms. The third-order valence-corrected chi connectivity index (χ3v) is 3.19. The fourth-order valence-electron chi connectivity index (χ4n) is 2.23. The van der Waals surface area contributed by atoms with Crippen LogP contribution in [0.2, 0.25) is 0 Å². The molecule has 1 aromatic rings. The van der Waals surface area contributed by atoms with Gasteiger partial charge in [0.2, 0.25) is 0 Å². The van der Waals surface area contributed by atoms with Crippen LogP contribution in [0.25, 0.3) is 0 Å². The van der Waals surface area contributed by atoms with E-state index in [0.717, 1.165) is 38.2 Å². The number of nitrogens with zero attached hydrogens (tertiary/aromatic N) is 1. The summed E-state index contributed by atoms with van der Waals surface area (Å²) in [5.41, 5.74) is 0.747. The van der Waals surface area contributed by atoms with Crippen molar-refractivity contribution in [1.82, 2.24) is 5.32 Å². The van der Waals surface area contributed by atoms with E-state index >= 15 is 0 Å². The summed E-state index contributed by atoms with van der Waals surface area (Å²) in [7, 11) is 0. The van der Waals surface area contributed by atoms with Crippen LogP contribution in [0, 0.1) is 5.82 Å². The smallest absolute Gasteiger partial charge is 0.146 e. The molecule has 16 heavy (non-hydrogen) atoms. The quantitative estimate of drug-likeness (QED) is 0.785. The van der Waals surface area contributed by atoms with Crippen molar-refractivity contribution in [2.24, 2.45) is 0 Å². The molecule has 1 N–H and O–H groups in total. The SMILES string of the molecule is CC1CCNCCCN1c1ccccc1F. The lowest BCUT2D eigenvalue weighted by atomic mass is 10.1. The van der Waals surface area contributed by atoms with Crippen LogP contribution in [-0.2, 0) is 0 Å². The first-order chi connectivity index (χ1) is 7.79. The van der Waals surface area contributed by atoms with Crippen molar-refractivity contribution < 1.29 is 4.39 Å². The third-order valence-electron chi connectivity index (χ3n) is 3.19. The average Bonchev–Trinajstić information content (AvgIpc) is 2.26. The van der Waals surface area contributed by atoms with Gasteiger partial charge in [-0.05, 0) is 45.0 Å². The predicted molar refractivity (Wildman–Crippen MR) is 65.3 cm³/mol. The Morgan fingerprint density at radius 1 is 1.31 bits per heavy atom. The Morgan fingerprint density at radius 3 is 2.94 bits per heavy atom. The van der Waals surface area contributed by atoms with Crippen LogP contribution >= 0.6 is 0 Å². The molecular weight excluding hydrogens is 203 g/mol. The molecule has 1 unspecified atom stereocenters. The number of rotatable bonds is 1. The number of benzene rings is 1. The number of anilines is 1. The Hall–Kier alpha value is -1.09. The summed E-state index contributed by atoms with van der Waals surface area (Å²) in [5.74, 6) is -0.108. The maximum atomic E-state index is 13.7. The fourth-order valence-corrected chi connectivity index (χ4v) is 2.23. The zero-order valence-electron chi connectivity index (χ0n) is 9.75. The van der Waals surface area contributed by atoms with E-state index in [0.29, 0.717) is 6.04 Å². The molecule has 0 aromatic heterocycles. The standard InChI is InChI=1S/C13H19FN2/c1-11-7-9-15-8-4-10-16(11)13-6-3-2-5-12(13)14/h2-3,5-6,11,15H,4,7-10H2,1H3. The van der Waals surface area contributed by atoms with Gasteiger partial charge in [-0.15, -0.1) is 0 Å². The molecule has 0 amide bonds. The maximum absolute atomic E-state index is 13.7. The number of para-hydroxylation sites is 1. The average molecular weight is 222 g/mol. The fraction of sp³-hybridized carbons (Fsp3) is 0.538. The normalized spacial score (nSPS) is 22.6. The highest BCUT2D eigenvalue weighted by atomic mass is 19.1. The minimum absolute atomic E-state index is 0.108. The molecule has 2 rings (SSSR count). The van der Waals surface area contributed by atoms with Gasteiger partial charge in [0.05, 0.1) is 5.69 Å². The van der Waals surface area contributed by atoms with Gasteiger partial charge < -0.3 is 10.2 Å². The Morgan fingerprint density at radius 2 is 2.12 bits per heavy atom. The first-order valence-electron chi connectivity index (χ1n) is 6.01. The molecule has 0 saturated carbocycles. The van der Waals surface area contributed by atoms with E-state index < -0.39 is 0 Å². The molecule has 1 saturated heterocycles. The topological polar surface area (TPSA) is 15.3 Å². The molecule has 0 aliphatic carbocycles. The molecule has 1 fully saturated rings. The molecule has 1 aromatic carbocycles. The van der Waals surface area contributed by atoms with Gasteiger partial charge >= 0.3 is 0 Å². The predicted octanol–water partition coefficient (Wildman–Crippen LogP) is 2.40. The molecule has 88 valence electrons. The van der Waals surface area contributed by atoms with Gasteiger partial charge in [-0.3, -0.25) is 0 Å². The number of nitrogens with one attached hydrogen (secondary N) is 1. The lowest BCUT2D eigenvalue weighted by Crippen LogP contribution is -2.40. The van der Waals surface area contributed by atoms with E-state index in [1.165, 1.54) is 0 Å². The van der Waals surface area contributed by atoms with Crippen LogP contribution in [-0.4, -0.2) is 25.7 Å². The third kappa shape index (κ3) is 2.53. The second kappa shape index (κ2) is 5.30.